The highest BCUT2D eigenvalue weighted by Crippen LogP contribution is 1.98. The maximum absolute atomic E-state index is 10.3. The van der Waals surface area contributed by atoms with Gasteiger partial charge in [-0.3, -0.25) is 14.5 Å². The first-order valence-electron chi connectivity index (χ1n) is 3.93. The van der Waals surface area contributed by atoms with Crippen LogP contribution >= 0.6 is 0 Å². The number of rotatable bonds is 3. The van der Waals surface area contributed by atoms with Crippen LogP contribution in [0.15, 0.2) is 0 Å². The Kier molecular flexibility index (Phi) is 4.10. The Bertz CT molecular complexity index is 159. The van der Waals surface area contributed by atoms with Crippen molar-refractivity contribution in [1.82, 2.24) is 15.3 Å². The molecule has 0 aromatic heterocycles. The fourth-order valence-corrected chi connectivity index (χ4v) is 1.81. The third-order valence-electron chi connectivity index (χ3n) is 1.98. The minimum Gasteiger partial charge on any atom is -0.771 e. The van der Waals surface area contributed by atoms with Gasteiger partial charge in [0, 0.05) is 26.2 Å². The summed E-state index contributed by atoms with van der Waals surface area (Å²) in [7, 11) is 1.88. The number of hydrazine groups is 1. The van der Waals surface area contributed by atoms with Gasteiger partial charge in [-0.05, 0) is 18.1 Å². The van der Waals surface area contributed by atoms with Crippen molar-refractivity contribution in [3.05, 3.63) is 0 Å². The molecule has 1 rings (SSSR count). The second-order valence-corrected chi connectivity index (χ2v) is 3.63. The molecule has 1 fully saturated rings. The summed E-state index contributed by atoms with van der Waals surface area (Å²) in [5, 5.41) is 2.07. The van der Waals surface area contributed by atoms with Crippen molar-refractivity contribution < 1.29 is 8.76 Å². The summed E-state index contributed by atoms with van der Waals surface area (Å²) < 4.78 is 20.7. The van der Waals surface area contributed by atoms with Gasteiger partial charge < -0.3 is 4.55 Å². The average Bonchev–Trinajstić information content (AvgIpc) is 2.05. The molecular weight excluding hydrogens is 178 g/mol. The van der Waals surface area contributed by atoms with Crippen LogP contribution in [-0.2, 0) is 11.1 Å². The summed E-state index contributed by atoms with van der Waals surface area (Å²) in [4.78, 5) is 1.93. The van der Waals surface area contributed by atoms with Crippen LogP contribution in [0.2, 0.25) is 0 Å². The van der Waals surface area contributed by atoms with E-state index in [-0.39, 0.29) is 5.88 Å². The van der Waals surface area contributed by atoms with E-state index in [0.29, 0.717) is 0 Å². The minimum atomic E-state index is -1.94. The van der Waals surface area contributed by atoms with Crippen LogP contribution in [-0.4, -0.2) is 57.8 Å². The molecule has 0 bridgehead atoms. The minimum absolute atomic E-state index is 0.164. The van der Waals surface area contributed by atoms with Crippen molar-refractivity contribution in [2.45, 2.75) is 0 Å². The van der Waals surface area contributed by atoms with Gasteiger partial charge in [-0.2, -0.15) is 0 Å². The average molecular weight is 192 g/mol. The maximum Gasteiger partial charge on any atom is 0.0614 e. The van der Waals surface area contributed by atoms with Crippen LogP contribution in [0.4, 0.5) is 0 Å². The molecule has 0 aromatic carbocycles. The molecule has 0 spiro atoms. The third kappa shape index (κ3) is 3.16. The lowest BCUT2D eigenvalue weighted by Gasteiger charge is -2.34. The van der Waals surface area contributed by atoms with Crippen molar-refractivity contribution in [3.63, 3.8) is 0 Å². The molecule has 72 valence electrons. The van der Waals surface area contributed by atoms with E-state index < -0.39 is 11.1 Å². The van der Waals surface area contributed by atoms with Gasteiger partial charge in [0.25, 0.3) is 0 Å². The highest BCUT2D eigenvalue weighted by atomic mass is 32.2. The molecule has 1 aliphatic heterocycles. The molecule has 0 radical (unpaired) electrons. The molecule has 1 unspecified atom stereocenters. The van der Waals surface area contributed by atoms with Crippen LogP contribution in [0, 0.1) is 0 Å². The Morgan fingerprint density at radius 1 is 1.42 bits per heavy atom. The maximum atomic E-state index is 10.3. The number of hydrogen-bond acceptors (Lipinski definition) is 5. The Morgan fingerprint density at radius 2 is 2.00 bits per heavy atom. The number of nitrogens with one attached hydrogen (secondary N) is 1. The van der Waals surface area contributed by atoms with Gasteiger partial charge in [-0.1, -0.05) is 0 Å². The zero-order valence-electron chi connectivity index (χ0n) is 7.15. The quantitative estimate of drug-likeness (QED) is 0.556. The summed E-state index contributed by atoms with van der Waals surface area (Å²) in [5.41, 5.74) is 3.03. The van der Waals surface area contributed by atoms with E-state index in [0.717, 1.165) is 26.2 Å². The Balaban J connectivity index is 2.21. The van der Waals surface area contributed by atoms with E-state index in [1.165, 1.54) is 0 Å². The molecule has 0 aromatic rings. The molecular formula is C6H14N3O2S-. The second kappa shape index (κ2) is 4.88. The zero-order chi connectivity index (χ0) is 8.97. The van der Waals surface area contributed by atoms with Crippen LogP contribution in [0.1, 0.15) is 0 Å². The van der Waals surface area contributed by atoms with Gasteiger partial charge in [0.15, 0.2) is 0 Å². The van der Waals surface area contributed by atoms with Gasteiger partial charge in [0.2, 0.25) is 0 Å². The number of piperazine rings is 1. The molecule has 1 N–H and O–H groups in total. The Labute approximate surface area is 75.0 Å². The van der Waals surface area contributed by atoms with Crippen LogP contribution in [0.5, 0.6) is 0 Å². The van der Waals surface area contributed by atoms with Gasteiger partial charge >= 0.3 is 0 Å². The monoisotopic (exact) mass is 192 g/mol. The Morgan fingerprint density at radius 3 is 2.42 bits per heavy atom. The highest BCUT2D eigenvalue weighted by molar-refractivity contribution is 7.79. The normalized spacial score (nSPS) is 24.2. The second-order valence-electron chi connectivity index (χ2n) is 2.76. The summed E-state index contributed by atoms with van der Waals surface area (Å²) in [6, 6.07) is 0. The first-order valence-corrected chi connectivity index (χ1v) is 5.17. The van der Waals surface area contributed by atoms with Crippen LogP contribution in [0.25, 0.3) is 0 Å². The standard InChI is InChI=1S/C6H15N3O2S/c1-7-9-4-2-8(3-5-9)6-12(10)11/h7H,2-6H2,1H3,(H,10,11)/p-1. The lowest BCUT2D eigenvalue weighted by atomic mass is 10.4. The largest absolute Gasteiger partial charge is 0.771 e. The Hall–Kier alpha value is -0.0100. The van der Waals surface area contributed by atoms with E-state index in [1.54, 1.807) is 0 Å². The third-order valence-corrected chi connectivity index (χ3v) is 2.55. The summed E-state index contributed by atoms with van der Waals surface area (Å²) in [5.74, 6) is 0.164. The van der Waals surface area contributed by atoms with Crippen LogP contribution < -0.4 is 5.43 Å². The molecule has 0 saturated carbocycles. The zero-order valence-corrected chi connectivity index (χ0v) is 7.97. The lowest BCUT2D eigenvalue weighted by molar-refractivity contribution is 0.110. The smallest absolute Gasteiger partial charge is 0.0614 e. The molecule has 1 atom stereocenters. The predicted octanol–water partition coefficient (Wildman–Crippen LogP) is -1.42. The summed E-state index contributed by atoms with van der Waals surface area (Å²) in [6.07, 6.45) is 0. The fourth-order valence-electron chi connectivity index (χ4n) is 1.25. The predicted molar refractivity (Wildman–Crippen MR) is 46.0 cm³/mol. The fraction of sp³-hybridized carbons (Fsp3) is 1.00. The topological polar surface area (TPSA) is 58.6 Å². The first kappa shape index (κ1) is 10.1. The molecule has 12 heavy (non-hydrogen) atoms. The highest BCUT2D eigenvalue weighted by Gasteiger charge is 2.14. The molecule has 6 heteroatoms. The molecule has 0 amide bonds. The van der Waals surface area contributed by atoms with Gasteiger partial charge in [0.1, 0.15) is 0 Å². The molecule has 1 heterocycles. The van der Waals surface area contributed by atoms with E-state index in [4.69, 9.17) is 0 Å². The number of nitrogens with zero attached hydrogens (tertiary/aromatic N) is 2. The van der Waals surface area contributed by atoms with Crippen molar-refractivity contribution in [1.29, 1.82) is 0 Å². The molecule has 1 saturated heterocycles. The van der Waals surface area contributed by atoms with E-state index in [1.807, 2.05) is 11.9 Å². The lowest BCUT2D eigenvalue weighted by Crippen LogP contribution is -2.51. The number of hydrogen-bond donors (Lipinski definition) is 1. The van der Waals surface area contributed by atoms with Crippen molar-refractivity contribution in [2.24, 2.45) is 0 Å². The van der Waals surface area contributed by atoms with Gasteiger partial charge in [-0.25, -0.2) is 5.01 Å². The van der Waals surface area contributed by atoms with Crippen molar-refractivity contribution in [3.8, 4) is 0 Å². The summed E-state index contributed by atoms with van der Waals surface area (Å²) >= 11 is -1.94. The van der Waals surface area contributed by atoms with E-state index in [2.05, 4.69) is 10.4 Å². The first-order chi connectivity index (χ1) is 5.72. The SMILES string of the molecule is CNN1CCN(CS(=O)[O-])CC1. The van der Waals surface area contributed by atoms with E-state index >= 15 is 0 Å². The van der Waals surface area contributed by atoms with Crippen molar-refractivity contribution in [2.75, 3.05) is 39.1 Å². The van der Waals surface area contributed by atoms with Crippen LogP contribution in [0.3, 0.4) is 0 Å². The summed E-state index contributed by atoms with van der Waals surface area (Å²) in [6.45, 7) is 3.39. The molecule has 0 aliphatic carbocycles. The molecule has 1 aliphatic rings. The van der Waals surface area contributed by atoms with E-state index in [9.17, 15) is 8.76 Å². The van der Waals surface area contributed by atoms with Gasteiger partial charge in [0.05, 0.1) is 5.88 Å². The van der Waals surface area contributed by atoms with Gasteiger partial charge in [-0.15, -0.1) is 0 Å². The van der Waals surface area contributed by atoms with Crippen molar-refractivity contribution >= 4 is 11.1 Å². The molecule has 5 nitrogen and oxygen atoms in total.